The second-order valence-corrected chi connectivity index (χ2v) is 4.44. The van der Waals surface area contributed by atoms with E-state index in [-0.39, 0.29) is 6.04 Å². The fraction of sp³-hybridized carbons (Fsp3) is 0.455. The molecule has 1 aromatic rings. The molecule has 1 unspecified atom stereocenters. The van der Waals surface area contributed by atoms with Crippen molar-refractivity contribution in [3.05, 3.63) is 33.8 Å². The Balaban J connectivity index is 2.81. The predicted molar refractivity (Wildman–Crippen MR) is 66.1 cm³/mol. The van der Waals surface area contributed by atoms with E-state index in [4.69, 9.17) is 29.0 Å². The minimum Gasteiger partial charge on any atom is -0.271 e. The molecule has 2 nitrogen and oxygen atoms in total. The fourth-order valence-electron chi connectivity index (χ4n) is 1.53. The van der Waals surface area contributed by atoms with E-state index in [9.17, 15) is 0 Å². The number of hydrogen-bond donors (Lipinski definition) is 2. The minimum atomic E-state index is 0.126. The summed E-state index contributed by atoms with van der Waals surface area (Å²) in [5, 5.41) is 1.29. The molecule has 84 valence electrons. The standard InChI is InChI=1S/C11H16Cl2N2/c1-2-3-4-11(15-14)8-5-9(12)7-10(13)6-8/h5-7,11,15H,2-4,14H2,1H3. The number of benzene rings is 1. The first-order valence-corrected chi connectivity index (χ1v) is 5.85. The molecule has 0 heterocycles. The predicted octanol–water partition coefficient (Wildman–Crippen LogP) is 3.69. The third-order valence-corrected chi connectivity index (χ3v) is 2.77. The van der Waals surface area contributed by atoms with Crippen LogP contribution in [0.5, 0.6) is 0 Å². The molecule has 0 aromatic heterocycles. The maximum Gasteiger partial charge on any atom is 0.0461 e. The second kappa shape index (κ2) is 6.33. The van der Waals surface area contributed by atoms with E-state index < -0.39 is 0 Å². The SMILES string of the molecule is CCCCC(NN)c1cc(Cl)cc(Cl)c1. The first kappa shape index (κ1) is 12.8. The number of rotatable bonds is 5. The molecule has 0 saturated carbocycles. The molecule has 3 N–H and O–H groups in total. The van der Waals surface area contributed by atoms with Gasteiger partial charge in [0, 0.05) is 16.1 Å². The van der Waals surface area contributed by atoms with Crippen molar-refractivity contribution in [1.82, 2.24) is 5.43 Å². The highest BCUT2D eigenvalue weighted by Gasteiger charge is 2.10. The molecular weight excluding hydrogens is 231 g/mol. The van der Waals surface area contributed by atoms with Crippen molar-refractivity contribution in [3.63, 3.8) is 0 Å². The zero-order valence-corrected chi connectivity index (χ0v) is 10.3. The Morgan fingerprint density at radius 1 is 1.27 bits per heavy atom. The van der Waals surface area contributed by atoms with E-state index in [1.54, 1.807) is 6.07 Å². The summed E-state index contributed by atoms with van der Waals surface area (Å²) in [7, 11) is 0. The van der Waals surface area contributed by atoms with Crippen molar-refractivity contribution in [2.45, 2.75) is 32.2 Å². The lowest BCUT2D eigenvalue weighted by Crippen LogP contribution is -2.27. The van der Waals surface area contributed by atoms with E-state index in [0.29, 0.717) is 10.0 Å². The maximum atomic E-state index is 5.93. The number of unbranched alkanes of at least 4 members (excludes halogenated alkanes) is 1. The first-order valence-electron chi connectivity index (χ1n) is 5.09. The van der Waals surface area contributed by atoms with Gasteiger partial charge in [0.05, 0.1) is 0 Å². The molecule has 1 rings (SSSR count). The highest BCUT2D eigenvalue weighted by Crippen LogP contribution is 2.25. The van der Waals surface area contributed by atoms with E-state index in [1.165, 1.54) is 0 Å². The van der Waals surface area contributed by atoms with Gasteiger partial charge < -0.3 is 0 Å². The molecule has 0 spiro atoms. The van der Waals surface area contributed by atoms with E-state index in [0.717, 1.165) is 24.8 Å². The fourth-order valence-corrected chi connectivity index (χ4v) is 2.07. The van der Waals surface area contributed by atoms with Crippen molar-refractivity contribution >= 4 is 23.2 Å². The van der Waals surface area contributed by atoms with Gasteiger partial charge in [-0.15, -0.1) is 0 Å². The maximum absolute atomic E-state index is 5.93. The highest BCUT2D eigenvalue weighted by molar-refractivity contribution is 6.34. The number of nitrogens with two attached hydrogens (primary N) is 1. The second-order valence-electron chi connectivity index (χ2n) is 3.56. The van der Waals surface area contributed by atoms with Crippen LogP contribution in [0.15, 0.2) is 18.2 Å². The van der Waals surface area contributed by atoms with E-state index in [2.05, 4.69) is 12.3 Å². The lowest BCUT2D eigenvalue weighted by molar-refractivity contribution is 0.495. The summed E-state index contributed by atoms with van der Waals surface area (Å²) in [5.41, 5.74) is 3.84. The number of halogens is 2. The topological polar surface area (TPSA) is 38.0 Å². The van der Waals surface area contributed by atoms with E-state index >= 15 is 0 Å². The molecule has 0 bridgehead atoms. The largest absolute Gasteiger partial charge is 0.271 e. The van der Waals surface area contributed by atoms with E-state index in [1.807, 2.05) is 12.1 Å². The summed E-state index contributed by atoms with van der Waals surface area (Å²) in [4.78, 5) is 0. The smallest absolute Gasteiger partial charge is 0.0461 e. The van der Waals surface area contributed by atoms with Gasteiger partial charge in [-0.2, -0.15) is 0 Å². The van der Waals surface area contributed by atoms with Crippen molar-refractivity contribution in [2.24, 2.45) is 5.84 Å². The Morgan fingerprint density at radius 2 is 1.87 bits per heavy atom. The van der Waals surface area contributed by atoms with Crippen LogP contribution in [0.2, 0.25) is 10.0 Å². The zero-order chi connectivity index (χ0) is 11.3. The van der Waals surface area contributed by atoms with Gasteiger partial charge in [0.2, 0.25) is 0 Å². The Hall–Kier alpha value is -0.280. The number of nitrogens with one attached hydrogen (secondary N) is 1. The van der Waals surface area contributed by atoms with Crippen molar-refractivity contribution in [1.29, 1.82) is 0 Å². The minimum absolute atomic E-state index is 0.126. The summed E-state index contributed by atoms with van der Waals surface area (Å²) in [6.07, 6.45) is 3.26. The molecule has 15 heavy (non-hydrogen) atoms. The summed E-state index contributed by atoms with van der Waals surface area (Å²) >= 11 is 11.9. The Morgan fingerprint density at radius 3 is 2.33 bits per heavy atom. The van der Waals surface area contributed by atoms with Gasteiger partial charge >= 0.3 is 0 Å². The molecule has 4 heteroatoms. The molecule has 0 aliphatic heterocycles. The van der Waals surface area contributed by atoms with Crippen LogP contribution in [0.1, 0.15) is 37.8 Å². The van der Waals surface area contributed by atoms with Crippen molar-refractivity contribution in [3.8, 4) is 0 Å². The average Bonchev–Trinajstić information content (AvgIpc) is 2.17. The number of hydrogen-bond acceptors (Lipinski definition) is 2. The number of hydrazine groups is 1. The van der Waals surface area contributed by atoms with Gasteiger partial charge in [-0.1, -0.05) is 43.0 Å². The molecule has 0 radical (unpaired) electrons. The Labute approximate surface area is 101 Å². The molecule has 0 aliphatic rings. The molecule has 0 amide bonds. The third-order valence-electron chi connectivity index (χ3n) is 2.33. The molecular formula is C11H16Cl2N2. The molecule has 0 saturated heterocycles. The lowest BCUT2D eigenvalue weighted by Gasteiger charge is -2.16. The highest BCUT2D eigenvalue weighted by atomic mass is 35.5. The van der Waals surface area contributed by atoms with Crippen LogP contribution >= 0.6 is 23.2 Å². The van der Waals surface area contributed by atoms with Crippen LogP contribution in [-0.4, -0.2) is 0 Å². The molecule has 0 aliphatic carbocycles. The van der Waals surface area contributed by atoms with Gasteiger partial charge in [0.15, 0.2) is 0 Å². The van der Waals surface area contributed by atoms with Crippen LogP contribution in [0.3, 0.4) is 0 Å². The first-order chi connectivity index (χ1) is 7.17. The molecule has 1 aromatic carbocycles. The van der Waals surface area contributed by atoms with Gasteiger partial charge in [-0.05, 0) is 30.2 Å². The molecule has 0 fully saturated rings. The van der Waals surface area contributed by atoms with Gasteiger partial charge in [0.25, 0.3) is 0 Å². The monoisotopic (exact) mass is 246 g/mol. The van der Waals surface area contributed by atoms with Crippen molar-refractivity contribution < 1.29 is 0 Å². The van der Waals surface area contributed by atoms with Gasteiger partial charge in [0.1, 0.15) is 0 Å². The zero-order valence-electron chi connectivity index (χ0n) is 8.76. The lowest BCUT2D eigenvalue weighted by atomic mass is 10.0. The van der Waals surface area contributed by atoms with Crippen LogP contribution in [0.4, 0.5) is 0 Å². The summed E-state index contributed by atoms with van der Waals surface area (Å²) < 4.78 is 0. The van der Waals surface area contributed by atoms with Crippen LogP contribution in [0.25, 0.3) is 0 Å². The average molecular weight is 247 g/mol. The van der Waals surface area contributed by atoms with Gasteiger partial charge in [-0.3, -0.25) is 11.3 Å². The van der Waals surface area contributed by atoms with Crippen LogP contribution in [-0.2, 0) is 0 Å². The Kier molecular flexibility index (Phi) is 5.40. The third kappa shape index (κ3) is 3.99. The Bertz CT molecular complexity index is 295. The summed E-state index contributed by atoms with van der Waals surface area (Å²) in [6.45, 7) is 2.15. The summed E-state index contributed by atoms with van der Waals surface area (Å²) in [6, 6.07) is 5.64. The van der Waals surface area contributed by atoms with Crippen LogP contribution in [0, 0.1) is 0 Å². The summed E-state index contributed by atoms with van der Waals surface area (Å²) in [5.74, 6) is 5.51. The quantitative estimate of drug-likeness (QED) is 0.615. The van der Waals surface area contributed by atoms with Gasteiger partial charge in [-0.25, -0.2) is 0 Å². The van der Waals surface area contributed by atoms with Crippen LogP contribution < -0.4 is 11.3 Å². The van der Waals surface area contributed by atoms with Crippen molar-refractivity contribution in [2.75, 3.05) is 0 Å². The molecule has 1 atom stereocenters. The normalized spacial score (nSPS) is 12.8.